The van der Waals surface area contributed by atoms with Crippen LogP contribution in [0.25, 0.3) is 6.08 Å². The number of amides is 1. The van der Waals surface area contributed by atoms with Crippen LogP contribution in [0, 0.1) is 14.9 Å². The number of nitrogens with zero attached hydrogens (tertiary/aromatic N) is 1. The number of halogens is 3. The third kappa shape index (κ3) is 7.13. The summed E-state index contributed by atoms with van der Waals surface area (Å²) in [6, 6.07) is 19.7. The van der Waals surface area contributed by atoms with E-state index in [0.717, 1.165) is 9.13 Å². The maximum Gasteiger partial charge on any atom is 0.266 e. The molecule has 0 heterocycles. The van der Waals surface area contributed by atoms with Gasteiger partial charge in [0.05, 0.1) is 6.61 Å². The highest BCUT2D eigenvalue weighted by Gasteiger charge is 2.12. The third-order valence-electron chi connectivity index (χ3n) is 4.42. The predicted octanol–water partition coefficient (Wildman–Crippen LogP) is 7.12. The Labute approximate surface area is 216 Å². The molecule has 0 bridgehead atoms. The second-order valence-electron chi connectivity index (χ2n) is 6.80. The Kier molecular flexibility index (Phi) is 9.01. The van der Waals surface area contributed by atoms with Gasteiger partial charge in [0.15, 0.2) is 11.5 Å². The van der Waals surface area contributed by atoms with Gasteiger partial charge in [0.2, 0.25) is 0 Å². The number of nitrogens with one attached hydrogen (secondary N) is 1. The van der Waals surface area contributed by atoms with Crippen LogP contribution >= 0.6 is 45.8 Å². The number of hydrogen-bond acceptors (Lipinski definition) is 4. The van der Waals surface area contributed by atoms with Gasteiger partial charge in [-0.1, -0.05) is 41.4 Å². The minimum Gasteiger partial charge on any atom is -0.490 e. The minimum absolute atomic E-state index is 0.0297. The molecule has 8 heteroatoms. The molecule has 5 nitrogen and oxygen atoms in total. The van der Waals surface area contributed by atoms with Gasteiger partial charge in [-0.25, -0.2) is 0 Å². The van der Waals surface area contributed by atoms with Gasteiger partial charge >= 0.3 is 0 Å². The lowest BCUT2D eigenvalue weighted by Crippen LogP contribution is -2.13. The monoisotopic (exact) mass is 592 g/mol. The molecule has 1 N–H and O–H groups in total. The molecule has 0 aliphatic heterocycles. The van der Waals surface area contributed by atoms with Crippen molar-refractivity contribution in [2.45, 2.75) is 13.5 Å². The largest absolute Gasteiger partial charge is 0.490 e. The number of benzene rings is 3. The SMILES string of the molecule is CCOc1cc(/C=C(\C#N)C(=O)Nc2cccc(I)c2)ccc1OCc1ccc(Cl)cc1Cl. The summed E-state index contributed by atoms with van der Waals surface area (Å²) < 4.78 is 12.6. The van der Waals surface area contributed by atoms with E-state index in [-0.39, 0.29) is 12.2 Å². The third-order valence-corrected chi connectivity index (χ3v) is 5.68. The van der Waals surface area contributed by atoms with Crippen LogP contribution in [0.2, 0.25) is 10.0 Å². The Hall–Kier alpha value is -2.73. The second-order valence-corrected chi connectivity index (χ2v) is 8.89. The average molecular weight is 593 g/mol. The van der Waals surface area contributed by atoms with Crippen molar-refractivity contribution in [3.63, 3.8) is 0 Å². The van der Waals surface area contributed by atoms with Crippen molar-refractivity contribution >= 4 is 63.5 Å². The highest BCUT2D eigenvalue weighted by Crippen LogP contribution is 2.31. The first kappa shape index (κ1) is 24.9. The molecular weight excluding hydrogens is 574 g/mol. The smallest absolute Gasteiger partial charge is 0.266 e. The summed E-state index contributed by atoms with van der Waals surface area (Å²) >= 11 is 14.3. The van der Waals surface area contributed by atoms with Gasteiger partial charge in [0, 0.05) is 24.9 Å². The number of carbonyl (C=O) groups excluding carboxylic acids is 1. The molecule has 0 fully saturated rings. The average Bonchev–Trinajstić information content (AvgIpc) is 2.78. The summed E-state index contributed by atoms with van der Waals surface area (Å²) in [5, 5.41) is 13.3. The van der Waals surface area contributed by atoms with Crippen molar-refractivity contribution in [2.75, 3.05) is 11.9 Å². The number of rotatable bonds is 8. The Balaban J connectivity index is 1.79. The predicted molar refractivity (Wildman–Crippen MR) is 140 cm³/mol. The van der Waals surface area contributed by atoms with Gasteiger partial charge in [-0.2, -0.15) is 5.26 Å². The Morgan fingerprint density at radius 2 is 1.91 bits per heavy atom. The fourth-order valence-electron chi connectivity index (χ4n) is 2.88. The molecule has 3 rings (SSSR count). The van der Waals surface area contributed by atoms with Gasteiger partial charge in [-0.05, 0) is 83.6 Å². The summed E-state index contributed by atoms with van der Waals surface area (Å²) in [4.78, 5) is 12.6. The highest BCUT2D eigenvalue weighted by atomic mass is 127. The van der Waals surface area contributed by atoms with Gasteiger partial charge in [-0.3, -0.25) is 4.79 Å². The summed E-state index contributed by atoms with van der Waals surface area (Å²) in [6.45, 7) is 2.51. The first-order valence-electron chi connectivity index (χ1n) is 9.92. The zero-order valence-corrected chi connectivity index (χ0v) is 21.2. The van der Waals surface area contributed by atoms with Crippen LogP contribution < -0.4 is 14.8 Å². The number of anilines is 1. The van der Waals surface area contributed by atoms with Crippen molar-refractivity contribution < 1.29 is 14.3 Å². The number of hydrogen-bond donors (Lipinski definition) is 1. The van der Waals surface area contributed by atoms with E-state index in [1.54, 1.807) is 42.5 Å². The Morgan fingerprint density at radius 1 is 1.09 bits per heavy atom. The standard InChI is InChI=1S/C25H19Cl2IN2O3/c1-2-32-24-11-16(6-9-23(24)33-15-17-7-8-19(26)12-22(17)27)10-18(14-29)25(31)30-21-5-3-4-20(28)13-21/h3-13H,2,15H2,1H3,(H,30,31)/b18-10+. The molecular formula is C25H19Cl2IN2O3. The van der Waals surface area contributed by atoms with E-state index in [4.69, 9.17) is 32.7 Å². The number of ether oxygens (including phenoxy) is 2. The van der Waals surface area contributed by atoms with Crippen molar-refractivity contribution in [2.24, 2.45) is 0 Å². The molecule has 0 aliphatic carbocycles. The zero-order chi connectivity index (χ0) is 23.8. The second kappa shape index (κ2) is 11.9. The topological polar surface area (TPSA) is 71.3 Å². The van der Waals surface area contributed by atoms with E-state index in [1.165, 1.54) is 6.08 Å². The lowest BCUT2D eigenvalue weighted by Gasteiger charge is -2.13. The molecule has 33 heavy (non-hydrogen) atoms. The summed E-state index contributed by atoms with van der Waals surface area (Å²) in [5.74, 6) is 0.517. The molecule has 0 saturated heterocycles. The molecule has 3 aromatic carbocycles. The molecule has 0 aromatic heterocycles. The van der Waals surface area contributed by atoms with Crippen LogP contribution in [-0.4, -0.2) is 12.5 Å². The van der Waals surface area contributed by atoms with Crippen LogP contribution in [0.5, 0.6) is 11.5 Å². The first-order chi connectivity index (χ1) is 15.9. The normalized spacial score (nSPS) is 10.9. The van der Waals surface area contributed by atoms with Crippen LogP contribution in [0.15, 0.2) is 66.2 Å². The van der Waals surface area contributed by atoms with Crippen molar-refractivity contribution in [3.8, 4) is 17.6 Å². The maximum atomic E-state index is 12.6. The van der Waals surface area contributed by atoms with Crippen LogP contribution in [0.1, 0.15) is 18.1 Å². The highest BCUT2D eigenvalue weighted by molar-refractivity contribution is 14.1. The molecule has 168 valence electrons. The van der Waals surface area contributed by atoms with E-state index in [2.05, 4.69) is 27.9 Å². The summed E-state index contributed by atoms with van der Waals surface area (Å²) in [6.07, 6.45) is 1.51. The van der Waals surface area contributed by atoms with Crippen LogP contribution in [0.4, 0.5) is 5.69 Å². The summed E-state index contributed by atoms with van der Waals surface area (Å²) in [5.41, 5.74) is 2.00. The van der Waals surface area contributed by atoms with Crippen molar-refractivity contribution in [3.05, 3.63) is 91.0 Å². The van der Waals surface area contributed by atoms with E-state index in [0.29, 0.717) is 39.4 Å². The molecule has 0 radical (unpaired) electrons. The fraction of sp³-hybridized carbons (Fsp3) is 0.120. The Bertz CT molecular complexity index is 1240. The molecule has 0 saturated carbocycles. The van der Waals surface area contributed by atoms with E-state index >= 15 is 0 Å². The van der Waals surface area contributed by atoms with E-state index < -0.39 is 5.91 Å². The minimum atomic E-state index is -0.491. The van der Waals surface area contributed by atoms with Crippen LogP contribution in [0.3, 0.4) is 0 Å². The Morgan fingerprint density at radius 3 is 2.61 bits per heavy atom. The van der Waals surface area contributed by atoms with Crippen molar-refractivity contribution in [1.29, 1.82) is 5.26 Å². The van der Waals surface area contributed by atoms with Gasteiger partial charge < -0.3 is 14.8 Å². The van der Waals surface area contributed by atoms with E-state index in [9.17, 15) is 10.1 Å². The van der Waals surface area contributed by atoms with Gasteiger partial charge in [-0.15, -0.1) is 0 Å². The molecule has 1 amide bonds. The first-order valence-corrected chi connectivity index (χ1v) is 11.8. The molecule has 0 unspecified atom stereocenters. The lowest BCUT2D eigenvalue weighted by molar-refractivity contribution is -0.112. The van der Waals surface area contributed by atoms with Crippen LogP contribution in [-0.2, 0) is 11.4 Å². The zero-order valence-electron chi connectivity index (χ0n) is 17.6. The molecule has 0 spiro atoms. The molecule has 3 aromatic rings. The van der Waals surface area contributed by atoms with Gasteiger partial charge in [0.1, 0.15) is 18.2 Å². The van der Waals surface area contributed by atoms with Gasteiger partial charge in [0.25, 0.3) is 5.91 Å². The van der Waals surface area contributed by atoms with E-state index in [1.807, 2.05) is 31.2 Å². The van der Waals surface area contributed by atoms with Crippen molar-refractivity contribution in [1.82, 2.24) is 0 Å². The fourth-order valence-corrected chi connectivity index (χ4v) is 3.88. The summed E-state index contributed by atoms with van der Waals surface area (Å²) in [7, 11) is 0. The quantitative estimate of drug-likeness (QED) is 0.172. The molecule has 0 atom stereocenters. The maximum absolute atomic E-state index is 12.6. The number of carbonyl (C=O) groups is 1. The number of nitriles is 1. The lowest BCUT2D eigenvalue weighted by atomic mass is 10.1. The molecule has 0 aliphatic rings.